The van der Waals surface area contributed by atoms with Crippen LogP contribution in [-0.4, -0.2) is 29.4 Å². The Morgan fingerprint density at radius 3 is 2.54 bits per heavy atom. The largest absolute Gasteiger partial charge is 0.457 e. The molecule has 2 aromatic rings. The molecule has 2 amide bonds. The lowest BCUT2D eigenvalue weighted by Crippen LogP contribution is -2.40. The molecule has 0 spiro atoms. The molecule has 2 aromatic carbocycles. The predicted octanol–water partition coefficient (Wildman–Crippen LogP) is 3.04. The van der Waals surface area contributed by atoms with E-state index in [4.69, 9.17) is 4.74 Å². The van der Waals surface area contributed by atoms with Gasteiger partial charge >= 0.3 is 0 Å². The molecule has 1 unspecified atom stereocenters. The van der Waals surface area contributed by atoms with Crippen molar-refractivity contribution in [1.82, 2.24) is 5.32 Å². The van der Waals surface area contributed by atoms with Gasteiger partial charge in [-0.15, -0.1) is 11.8 Å². The van der Waals surface area contributed by atoms with Gasteiger partial charge in [-0.25, -0.2) is 0 Å². The van der Waals surface area contributed by atoms with E-state index in [1.165, 1.54) is 11.8 Å². The van der Waals surface area contributed by atoms with E-state index in [0.717, 1.165) is 11.5 Å². The van der Waals surface area contributed by atoms with Crippen molar-refractivity contribution in [1.29, 1.82) is 0 Å². The average molecular weight is 342 g/mol. The molecule has 1 saturated heterocycles. The van der Waals surface area contributed by atoms with Gasteiger partial charge in [0, 0.05) is 24.4 Å². The van der Waals surface area contributed by atoms with Crippen LogP contribution in [0.3, 0.4) is 0 Å². The van der Waals surface area contributed by atoms with Crippen LogP contribution in [0.4, 0.5) is 5.69 Å². The SMILES string of the molecule is O=C(CC1SCCNC1=O)Nc1ccc(Oc2ccccc2)cc1. The summed E-state index contributed by atoms with van der Waals surface area (Å²) in [5, 5.41) is 5.28. The van der Waals surface area contributed by atoms with E-state index in [9.17, 15) is 9.59 Å². The number of rotatable bonds is 5. The number of hydrogen-bond acceptors (Lipinski definition) is 4. The molecule has 24 heavy (non-hydrogen) atoms. The lowest BCUT2D eigenvalue weighted by molar-refractivity contribution is -0.123. The molecule has 6 heteroatoms. The molecular formula is C18H18N2O3S. The maximum atomic E-state index is 12.1. The van der Waals surface area contributed by atoms with Crippen LogP contribution in [0.25, 0.3) is 0 Å². The summed E-state index contributed by atoms with van der Waals surface area (Å²) in [4.78, 5) is 23.7. The Labute approximate surface area is 144 Å². The molecule has 1 fully saturated rings. The molecule has 0 radical (unpaired) electrons. The molecular weight excluding hydrogens is 324 g/mol. The minimum Gasteiger partial charge on any atom is -0.457 e. The normalized spacial score (nSPS) is 17.0. The number of anilines is 1. The highest BCUT2D eigenvalue weighted by atomic mass is 32.2. The quantitative estimate of drug-likeness (QED) is 0.876. The highest BCUT2D eigenvalue weighted by Crippen LogP contribution is 2.23. The Balaban J connectivity index is 1.54. The van der Waals surface area contributed by atoms with Crippen molar-refractivity contribution in [2.75, 3.05) is 17.6 Å². The van der Waals surface area contributed by atoms with Crippen molar-refractivity contribution < 1.29 is 14.3 Å². The smallest absolute Gasteiger partial charge is 0.233 e. The van der Waals surface area contributed by atoms with E-state index in [2.05, 4.69) is 10.6 Å². The number of amides is 2. The van der Waals surface area contributed by atoms with Gasteiger partial charge in [0.1, 0.15) is 11.5 Å². The summed E-state index contributed by atoms with van der Waals surface area (Å²) >= 11 is 1.52. The first kappa shape index (κ1) is 16.4. The van der Waals surface area contributed by atoms with Crippen LogP contribution in [0, 0.1) is 0 Å². The zero-order valence-corrected chi connectivity index (χ0v) is 13.8. The molecule has 124 valence electrons. The number of hydrogen-bond donors (Lipinski definition) is 2. The highest BCUT2D eigenvalue weighted by Gasteiger charge is 2.25. The standard InChI is InChI=1S/C18H18N2O3S/c21-17(12-16-18(22)19-10-11-24-16)20-13-6-8-15(9-7-13)23-14-4-2-1-3-5-14/h1-9,16H,10-12H2,(H,19,22)(H,20,21). The third-order valence-electron chi connectivity index (χ3n) is 3.50. The minimum absolute atomic E-state index is 0.0620. The van der Waals surface area contributed by atoms with Gasteiger partial charge in [0.25, 0.3) is 0 Å². The number of para-hydroxylation sites is 1. The summed E-state index contributed by atoms with van der Waals surface area (Å²) in [5.74, 6) is 2.07. The number of carbonyl (C=O) groups is 2. The van der Waals surface area contributed by atoms with Gasteiger partial charge in [-0.3, -0.25) is 9.59 Å². The Morgan fingerprint density at radius 2 is 1.83 bits per heavy atom. The molecule has 5 nitrogen and oxygen atoms in total. The van der Waals surface area contributed by atoms with Gasteiger partial charge in [0.2, 0.25) is 11.8 Å². The lowest BCUT2D eigenvalue weighted by Gasteiger charge is -2.20. The molecule has 0 saturated carbocycles. The van der Waals surface area contributed by atoms with E-state index in [-0.39, 0.29) is 23.5 Å². The van der Waals surface area contributed by atoms with Crippen LogP contribution in [0.1, 0.15) is 6.42 Å². The summed E-state index contributed by atoms with van der Waals surface area (Å²) in [7, 11) is 0. The van der Waals surface area contributed by atoms with E-state index < -0.39 is 0 Å². The summed E-state index contributed by atoms with van der Waals surface area (Å²) in [6.45, 7) is 0.671. The Kier molecular flexibility index (Phi) is 5.38. The molecule has 0 bridgehead atoms. The number of thioether (sulfide) groups is 1. The average Bonchev–Trinajstić information content (AvgIpc) is 2.60. The first-order chi connectivity index (χ1) is 11.7. The monoisotopic (exact) mass is 342 g/mol. The van der Waals surface area contributed by atoms with E-state index in [1.807, 2.05) is 30.3 Å². The fourth-order valence-corrected chi connectivity index (χ4v) is 3.34. The number of nitrogens with one attached hydrogen (secondary N) is 2. The molecule has 0 aliphatic carbocycles. The number of benzene rings is 2. The van der Waals surface area contributed by atoms with Crippen molar-refractivity contribution in [2.45, 2.75) is 11.7 Å². The summed E-state index contributed by atoms with van der Waals surface area (Å²) in [6, 6.07) is 16.7. The van der Waals surface area contributed by atoms with E-state index in [1.54, 1.807) is 24.3 Å². The molecule has 3 rings (SSSR count). The van der Waals surface area contributed by atoms with Gasteiger partial charge in [0.05, 0.1) is 5.25 Å². The van der Waals surface area contributed by atoms with Crippen LogP contribution < -0.4 is 15.4 Å². The van der Waals surface area contributed by atoms with Crippen molar-refractivity contribution >= 4 is 29.3 Å². The summed E-state index contributed by atoms with van der Waals surface area (Å²) in [6.07, 6.45) is 0.179. The van der Waals surface area contributed by atoms with Crippen LogP contribution in [-0.2, 0) is 9.59 Å². The van der Waals surface area contributed by atoms with Crippen LogP contribution >= 0.6 is 11.8 Å². The van der Waals surface area contributed by atoms with Crippen molar-refractivity contribution in [3.63, 3.8) is 0 Å². The molecule has 1 aliphatic rings. The molecule has 1 atom stereocenters. The maximum absolute atomic E-state index is 12.1. The zero-order valence-electron chi connectivity index (χ0n) is 13.0. The van der Waals surface area contributed by atoms with Gasteiger partial charge < -0.3 is 15.4 Å². The van der Waals surface area contributed by atoms with E-state index >= 15 is 0 Å². The third kappa shape index (κ3) is 4.52. The second kappa shape index (κ2) is 7.88. The molecule has 0 aromatic heterocycles. The van der Waals surface area contributed by atoms with Crippen molar-refractivity contribution in [2.24, 2.45) is 0 Å². The molecule has 1 aliphatic heterocycles. The van der Waals surface area contributed by atoms with Gasteiger partial charge in [-0.2, -0.15) is 0 Å². The molecule has 1 heterocycles. The topological polar surface area (TPSA) is 67.4 Å². The second-order valence-corrected chi connectivity index (χ2v) is 6.65. The summed E-state index contributed by atoms with van der Waals surface area (Å²) in [5.41, 5.74) is 0.682. The Hall–Kier alpha value is -2.47. The second-order valence-electron chi connectivity index (χ2n) is 5.34. The minimum atomic E-state index is -0.306. The van der Waals surface area contributed by atoms with Crippen molar-refractivity contribution in [3.05, 3.63) is 54.6 Å². The first-order valence-electron chi connectivity index (χ1n) is 7.73. The number of ether oxygens (including phenoxy) is 1. The van der Waals surface area contributed by atoms with Gasteiger partial charge in [-0.05, 0) is 36.4 Å². The van der Waals surface area contributed by atoms with E-state index in [0.29, 0.717) is 18.0 Å². The van der Waals surface area contributed by atoms with Crippen molar-refractivity contribution in [3.8, 4) is 11.5 Å². The predicted molar refractivity (Wildman–Crippen MR) is 95.5 cm³/mol. The zero-order chi connectivity index (χ0) is 16.8. The Morgan fingerprint density at radius 1 is 1.12 bits per heavy atom. The molecule has 2 N–H and O–H groups in total. The fourth-order valence-electron chi connectivity index (χ4n) is 2.33. The van der Waals surface area contributed by atoms with Crippen LogP contribution in [0.5, 0.6) is 11.5 Å². The Bertz CT molecular complexity index is 704. The van der Waals surface area contributed by atoms with Gasteiger partial charge in [0.15, 0.2) is 0 Å². The lowest BCUT2D eigenvalue weighted by atomic mass is 10.2. The maximum Gasteiger partial charge on any atom is 0.233 e. The first-order valence-corrected chi connectivity index (χ1v) is 8.78. The third-order valence-corrected chi connectivity index (χ3v) is 4.72. The number of carbonyl (C=O) groups excluding carboxylic acids is 2. The van der Waals surface area contributed by atoms with Crippen LogP contribution in [0.15, 0.2) is 54.6 Å². The van der Waals surface area contributed by atoms with Gasteiger partial charge in [-0.1, -0.05) is 18.2 Å². The fraction of sp³-hybridized carbons (Fsp3) is 0.222. The van der Waals surface area contributed by atoms with Crippen LogP contribution in [0.2, 0.25) is 0 Å². The summed E-state index contributed by atoms with van der Waals surface area (Å²) < 4.78 is 5.70. The highest BCUT2D eigenvalue weighted by molar-refractivity contribution is 8.00.